The molecule has 1 heterocycles. The van der Waals surface area contributed by atoms with Crippen molar-refractivity contribution in [2.24, 2.45) is 0 Å². The van der Waals surface area contributed by atoms with Gasteiger partial charge in [-0.25, -0.2) is 13.9 Å². The Kier molecular flexibility index (Phi) is 2.87. The molecule has 0 amide bonds. The minimum Gasteiger partial charge on any atom is -0.478 e. The van der Waals surface area contributed by atoms with Gasteiger partial charge in [0, 0.05) is 5.02 Å². The van der Waals surface area contributed by atoms with E-state index in [4.69, 9.17) is 16.7 Å². The van der Waals surface area contributed by atoms with Crippen molar-refractivity contribution in [1.82, 2.24) is 15.0 Å². The van der Waals surface area contributed by atoms with Gasteiger partial charge in [-0.05, 0) is 36.4 Å². The van der Waals surface area contributed by atoms with Crippen LogP contribution in [0.1, 0.15) is 10.4 Å². The highest BCUT2D eigenvalue weighted by molar-refractivity contribution is 6.30. The standard InChI is InChI=1S/C13H7ClFN3O2/c14-8-4-9(15)6-10(5-8)18-12-2-1-7(13(19)20)3-11(12)16-17-18/h1-6H,(H,19,20). The van der Waals surface area contributed by atoms with Crippen LogP contribution in [-0.4, -0.2) is 26.1 Å². The van der Waals surface area contributed by atoms with Crippen molar-refractivity contribution >= 4 is 28.6 Å². The Balaban J connectivity index is 2.19. The van der Waals surface area contributed by atoms with Gasteiger partial charge in [-0.1, -0.05) is 16.8 Å². The van der Waals surface area contributed by atoms with Gasteiger partial charge in [-0.3, -0.25) is 0 Å². The molecule has 1 aromatic heterocycles. The van der Waals surface area contributed by atoms with Crippen LogP contribution in [-0.2, 0) is 0 Å². The maximum atomic E-state index is 13.4. The molecule has 0 saturated carbocycles. The molecule has 0 atom stereocenters. The molecule has 0 bridgehead atoms. The van der Waals surface area contributed by atoms with E-state index in [1.54, 1.807) is 12.1 Å². The van der Waals surface area contributed by atoms with Crippen LogP contribution in [0.2, 0.25) is 5.02 Å². The third-order valence-corrected chi connectivity index (χ3v) is 3.00. The summed E-state index contributed by atoms with van der Waals surface area (Å²) < 4.78 is 14.8. The average Bonchev–Trinajstić information content (AvgIpc) is 2.80. The molecule has 0 unspecified atom stereocenters. The van der Waals surface area contributed by atoms with Crippen LogP contribution in [0.5, 0.6) is 0 Å². The van der Waals surface area contributed by atoms with E-state index >= 15 is 0 Å². The van der Waals surface area contributed by atoms with E-state index in [2.05, 4.69) is 10.3 Å². The molecule has 0 aliphatic heterocycles. The Labute approximate surface area is 117 Å². The molecule has 3 aromatic rings. The van der Waals surface area contributed by atoms with Gasteiger partial charge in [0.05, 0.1) is 16.8 Å². The van der Waals surface area contributed by atoms with Crippen LogP contribution >= 0.6 is 11.6 Å². The third-order valence-electron chi connectivity index (χ3n) is 2.78. The Morgan fingerprint density at radius 3 is 2.75 bits per heavy atom. The van der Waals surface area contributed by atoms with Crippen molar-refractivity contribution in [2.75, 3.05) is 0 Å². The van der Waals surface area contributed by atoms with E-state index in [1.807, 2.05) is 0 Å². The molecule has 0 spiro atoms. The summed E-state index contributed by atoms with van der Waals surface area (Å²) in [6.45, 7) is 0. The summed E-state index contributed by atoms with van der Waals surface area (Å²) >= 11 is 5.81. The van der Waals surface area contributed by atoms with Gasteiger partial charge in [0.1, 0.15) is 11.3 Å². The van der Waals surface area contributed by atoms with Crippen molar-refractivity contribution < 1.29 is 14.3 Å². The van der Waals surface area contributed by atoms with E-state index < -0.39 is 11.8 Å². The number of aromatic carboxylic acids is 1. The van der Waals surface area contributed by atoms with Crippen molar-refractivity contribution in [3.63, 3.8) is 0 Å². The van der Waals surface area contributed by atoms with E-state index in [-0.39, 0.29) is 10.6 Å². The van der Waals surface area contributed by atoms with Crippen molar-refractivity contribution in [1.29, 1.82) is 0 Å². The second-order valence-electron chi connectivity index (χ2n) is 4.14. The van der Waals surface area contributed by atoms with Gasteiger partial charge in [0.2, 0.25) is 0 Å². The predicted octanol–water partition coefficient (Wildman–Crippen LogP) is 2.91. The quantitative estimate of drug-likeness (QED) is 0.788. The first-order valence-electron chi connectivity index (χ1n) is 5.60. The lowest BCUT2D eigenvalue weighted by Gasteiger charge is -2.03. The Morgan fingerprint density at radius 1 is 1.25 bits per heavy atom. The van der Waals surface area contributed by atoms with Crippen LogP contribution in [0, 0.1) is 5.82 Å². The Hall–Kier alpha value is -2.47. The van der Waals surface area contributed by atoms with E-state index in [1.165, 1.54) is 28.9 Å². The van der Waals surface area contributed by atoms with Crippen LogP contribution in [0.25, 0.3) is 16.7 Å². The van der Waals surface area contributed by atoms with Gasteiger partial charge in [0.15, 0.2) is 0 Å². The molecular weight excluding hydrogens is 285 g/mol. The van der Waals surface area contributed by atoms with Crippen molar-refractivity contribution in [3.8, 4) is 5.69 Å². The molecule has 0 aliphatic rings. The maximum Gasteiger partial charge on any atom is 0.335 e. The fraction of sp³-hybridized carbons (Fsp3) is 0. The molecule has 0 fully saturated rings. The minimum absolute atomic E-state index is 0.113. The number of rotatable bonds is 2. The summed E-state index contributed by atoms with van der Waals surface area (Å²) in [4.78, 5) is 10.9. The molecule has 0 radical (unpaired) electrons. The molecular formula is C13H7ClFN3O2. The lowest BCUT2D eigenvalue weighted by Crippen LogP contribution is -1.98. The summed E-state index contributed by atoms with van der Waals surface area (Å²) in [5, 5.41) is 16.9. The molecule has 7 heteroatoms. The average molecular weight is 292 g/mol. The second-order valence-corrected chi connectivity index (χ2v) is 4.57. The molecule has 20 heavy (non-hydrogen) atoms. The number of carboxylic acids is 1. The summed E-state index contributed by atoms with van der Waals surface area (Å²) in [7, 11) is 0. The summed E-state index contributed by atoms with van der Waals surface area (Å²) in [5.74, 6) is -1.53. The zero-order valence-corrected chi connectivity index (χ0v) is 10.7. The number of nitrogens with zero attached hydrogens (tertiary/aromatic N) is 3. The first-order chi connectivity index (χ1) is 9.54. The molecule has 3 rings (SSSR count). The Morgan fingerprint density at radius 2 is 2.05 bits per heavy atom. The third kappa shape index (κ3) is 2.10. The first kappa shape index (κ1) is 12.6. The molecule has 1 N–H and O–H groups in total. The highest BCUT2D eigenvalue weighted by Crippen LogP contribution is 2.21. The smallest absolute Gasteiger partial charge is 0.335 e. The monoisotopic (exact) mass is 291 g/mol. The van der Waals surface area contributed by atoms with Crippen molar-refractivity contribution in [2.45, 2.75) is 0 Å². The summed E-state index contributed by atoms with van der Waals surface area (Å²) in [6.07, 6.45) is 0. The van der Waals surface area contributed by atoms with Gasteiger partial charge in [-0.15, -0.1) is 5.10 Å². The highest BCUT2D eigenvalue weighted by atomic mass is 35.5. The van der Waals surface area contributed by atoms with Gasteiger partial charge in [0.25, 0.3) is 0 Å². The zero-order valence-electron chi connectivity index (χ0n) is 9.92. The number of hydrogen-bond acceptors (Lipinski definition) is 3. The number of carbonyl (C=O) groups is 1. The zero-order chi connectivity index (χ0) is 14.3. The molecule has 100 valence electrons. The Bertz CT molecular complexity index is 811. The van der Waals surface area contributed by atoms with Crippen LogP contribution < -0.4 is 0 Å². The fourth-order valence-corrected chi connectivity index (χ4v) is 2.13. The van der Waals surface area contributed by atoms with Crippen LogP contribution in [0.3, 0.4) is 0 Å². The normalized spacial score (nSPS) is 10.9. The molecule has 5 nitrogen and oxygen atoms in total. The van der Waals surface area contributed by atoms with Gasteiger partial charge in [-0.2, -0.15) is 0 Å². The number of halogens is 2. The second kappa shape index (κ2) is 4.57. The minimum atomic E-state index is -1.05. The number of benzene rings is 2. The molecule has 2 aromatic carbocycles. The number of aromatic nitrogens is 3. The number of fused-ring (bicyclic) bond motifs is 1. The van der Waals surface area contributed by atoms with Crippen LogP contribution in [0.15, 0.2) is 36.4 Å². The van der Waals surface area contributed by atoms with Gasteiger partial charge < -0.3 is 5.11 Å². The van der Waals surface area contributed by atoms with E-state index in [0.29, 0.717) is 16.7 Å². The topological polar surface area (TPSA) is 68.0 Å². The predicted molar refractivity (Wildman–Crippen MR) is 70.8 cm³/mol. The molecule has 0 aliphatic carbocycles. The summed E-state index contributed by atoms with van der Waals surface area (Å²) in [5.41, 5.74) is 1.50. The van der Waals surface area contributed by atoms with Crippen molar-refractivity contribution in [3.05, 3.63) is 52.8 Å². The summed E-state index contributed by atoms with van der Waals surface area (Å²) in [6, 6.07) is 8.41. The maximum absolute atomic E-state index is 13.4. The van der Waals surface area contributed by atoms with E-state index in [0.717, 1.165) is 0 Å². The number of carboxylic acid groups (broad SMARTS) is 1. The van der Waals surface area contributed by atoms with Crippen LogP contribution in [0.4, 0.5) is 4.39 Å². The highest BCUT2D eigenvalue weighted by Gasteiger charge is 2.11. The van der Waals surface area contributed by atoms with E-state index in [9.17, 15) is 9.18 Å². The first-order valence-corrected chi connectivity index (χ1v) is 5.97. The lowest BCUT2D eigenvalue weighted by molar-refractivity contribution is 0.0697. The molecule has 0 saturated heterocycles. The number of hydrogen-bond donors (Lipinski definition) is 1. The SMILES string of the molecule is O=C(O)c1ccc2c(c1)nnn2-c1cc(F)cc(Cl)c1. The fourth-order valence-electron chi connectivity index (χ4n) is 1.91. The lowest BCUT2D eigenvalue weighted by atomic mass is 10.2. The van der Waals surface area contributed by atoms with Gasteiger partial charge >= 0.3 is 5.97 Å². The largest absolute Gasteiger partial charge is 0.478 e.